The van der Waals surface area contributed by atoms with Crippen molar-refractivity contribution < 1.29 is 19.2 Å². The van der Waals surface area contributed by atoms with Crippen LogP contribution in [-0.4, -0.2) is 77.7 Å². The fourth-order valence-corrected chi connectivity index (χ4v) is 4.46. The molecule has 3 rings (SSSR count). The van der Waals surface area contributed by atoms with Crippen molar-refractivity contribution in [2.24, 2.45) is 0 Å². The lowest BCUT2D eigenvalue weighted by molar-refractivity contribution is -0.120. The molecule has 35 heavy (non-hydrogen) atoms. The highest BCUT2D eigenvalue weighted by atomic mass is 32.2. The molecule has 0 aliphatic carbocycles. The first kappa shape index (κ1) is 26.4. The zero-order chi connectivity index (χ0) is 25.4. The maximum Gasteiger partial charge on any atom is 0.262 e. The zero-order valence-electron chi connectivity index (χ0n) is 20.4. The van der Waals surface area contributed by atoms with E-state index in [1.807, 2.05) is 6.26 Å². The molecule has 1 unspecified atom stereocenters. The maximum absolute atomic E-state index is 13.2. The van der Waals surface area contributed by atoms with Crippen LogP contribution in [0.1, 0.15) is 51.3 Å². The lowest BCUT2D eigenvalue weighted by Gasteiger charge is -2.25. The van der Waals surface area contributed by atoms with E-state index >= 15 is 0 Å². The largest absolute Gasteiger partial charge is 0.351 e. The summed E-state index contributed by atoms with van der Waals surface area (Å²) in [6.45, 7) is 7.36. The maximum atomic E-state index is 13.2. The van der Waals surface area contributed by atoms with Crippen molar-refractivity contribution in [3.8, 4) is 0 Å². The fourth-order valence-electron chi connectivity index (χ4n) is 4.00. The van der Waals surface area contributed by atoms with Gasteiger partial charge in [0.25, 0.3) is 17.7 Å². The summed E-state index contributed by atoms with van der Waals surface area (Å²) in [4.78, 5) is 54.7. The summed E-state index contributed by atoms with van der Waals surface area (Å²) in [5, 5.41) is 5.71. The Kier molecular flexibility index (Phi) is 9.45. The number of imide groups is 1. The summed E-state index contributed by atoms with van der Waals surface area (Å²) in [6.07, 6.45) is 2.24. The van der Waals surface area contributed by atoms with Crippen molar-refractivity contribution in [2.75, 3.05) is 43.5 Å². The second-order valence-electron chi connectivity index (χ2n) is 8.17. The molecule has 1 aliphatic heterocycles. The van der Waals surface area contributed by atoms with Gasteiger partial charge in [-0.15, -0.1) is 0 Å². The van der Waals surface area contributed by atoms with Gasteiger partial charge in [0.05, 0.1) is 11.1 Å². The van der Waals surface area contributed by atoms with E-state index in [9.17, 15) is 19.2 Å². The minimum absolute atomic E-state index is 0.182. The molecule has 2 aromatic carbocycles. The van der Waals surface area contributed by atoms with E-state index in [0.717, 1.165) is 24.5 Å². The Morgan fingerprint density at radius 1 is 0.971 bits per heavy atom. The molecule has 0 bridgehead atoms. The van der Waals surface area contributed by atoms with E-state index in [1.54, 1.807) is 48.5 Å². The molecule has 1 aliphatic rings. The normalized spacial score (nSPS) is 13.7. The number of anilines is 1. The van der Waals surface area contributed by atoms with Crippen molar-refractivity contribution >= 4 is 41.1 Å². The number of carbonyl (C=O) groups is 4. The van der Waals surface area contributed by atoms with Gasteiger partial charge in [0, 0.05) is 24.3 Å². The quantitative estimate of drug-likeness (QED) is 0.438. The molecule has 0 saturated carbocycles. The van der Waals surface area contributed by atoms with E-state index in [0.29, 0.717) is 41.1 Å². The van der Waals surface area contributed by atoms with Crippen molar-refractivity contribution in [2.45, 2.75) is 26.3 Å². The van der Waals surface area contributed by atoms with Crippen LogP contribution in [0.5, 0.6) is 0 Å². The van der Waals surface area contributed by atoms with Gasteiger partial charge in [-0.1, -0.05) is 26.0 Å². The number of nitrogens with zero attached hydrogens (tertiary/aromatic N) is 2. The van der Waals surface area contributed by atoms with Crippen LogP contribution in [0.3, 0.4) is 0 Å². The van der Waals surface area contributed by atoms with Gasteiger partial charge in [0.2, 0.25) is 5.91 Å². The van der Waals surface area contributed by atoms with Crippen LogP contribution in [0.2, 0.25) is 0 Å². The highest BCUT2D eigenvalue weighted by Gasteiger charge is 2.42. The molecule has 1 heterocycles. The Balaban J connectivity index is 1.66. The summed E-state index contributed by atoms with van der Waals surface area (Å²) in [5.74, 6) is -0.922. The molecule has 4 amide bonds. The smallest absolute Gasteiger partial charge is 0.262 e. The Labute approximate surface area is 210 Å². The molecule has 1 atom stereocenters. The Morgan fingerprint density at radius 2 is 1.57 bits per heavy atom. The van der Waals surface area contributed by atoms with E-state index < -0.39 is 23.8 Å². The molecule has 0 radical (unpaired) electrons. The monoisotopic (exact) mass is 496 g/mol. The van der Waals surface area contributed by atoms with Gasteiger partial charge in [0.1, 0.15) is 6.04 Å². The van der Waals surface area contributed by atoms with Crippen LogP contribution in [0.4, 0.5) is 5.69 Å². The first-order chi connectivity index (χ1) is 16.9. The van der Waals surface area contributed by atoms with Crippen molar-refractivity contribution in [1.82, 2.24) is 15.1 Å². The number of hydrogen-bond donors (Lipinski definition) is 2. The first-order valence-electron chi connectivity index (χ1n) is 11.8. The van der Waals surface area contributed by atoms with Crippen LogP contribution in [0.15, 0.2) is 48.5 Å². The number of hydrogen-bond acceptors (Lipinski definition) is 6. The molecule has 2 aromatic rings. The first-order valence-corrected chi connectivity index (χ1v) is 13.2. The SMILES string of the molecule is CCN(CC)CCNC(=O)c1ccc(NC(=O)C(CCSC)N2C(=O)c3ccccc3C2=O)cc1. The predicted octanol–water partition coefficient (Wildman–Crippen LogP) is 3.11. The standard InChI is InChI=1S/C26H32N4O4S/c1-4-29(5-2)16-15-27-23(31)18-10-12-19(13-11-18)28-24(32)22(14-17-35-3)30-25(33)20-8-6-7-9-21(20)26(30)34/h6-13,22H,4-5,14-17H2,1-3H3,(H,27,31)(H,28,32). The lowest BCUT2D eigenvalue weighted by atomic mass is 10.1. The topological polar surface area (TPSA) is 98.8 Å². The van der Waals surface area contributed by atoms with Gasteiger partial charge in [-0.25, -0.2) is 0 Å². The molecule has 0 spiro atoms. The summed E-state index contributed by atoms with van der Waals surface area (Å²) >= 11 is 1.54. The third-order valence-corrected chi connectivity index (χ3v) is 6.70. The average Bonchev–Trinajstić information content (AvgIpc) is 3.12. The highest BCUT2D eigenvalue weighted by Crippen LogP contribution is 2.27. The number of benzene rings is 2. The van der Waals surface area contributed by atoms with Crippen molar-refractivity contribution in [1.29, 1.82) is 0 Å². The molecule has 2 N–H and O–H groups in total. The number of carbonyl (C=O) groups excluding carboxylic acids is 4. The molecule has 186 valence electrons. The lowest BCUT2D eigenvalue weighted by Crippen LogP contribution is -2.47. The summed E-state index contributed by atoms with van der Waals surface area (Å²) in [5.41, 5.74) is 1.61. The van der Waals surface area contributed by atoms with Gasteiger partial charge < -0.3 is 15.5 Å². The summed E-state index contributed by atoms with van der Waals surface area (Å²) < 4.78 is 0. The summed E-state index contributed by atoms with van der Waals surface area (Å²) in [7, 11) is 0. The predicted molar refractivity (Wildman–Crippen MR) is 139 cm³/mol. The average molecular weight is 497 g/mol. The number of fused-ring (bicyclic) bond motifs is 1. The third kappa shape index (κ3) is 6.29. The molecule has 9 heteroatoms. The van der Waals surface area contributed by atoms with E-state index in [1.165, 1.54) is 11.8 Å². The van der Waals surface area contributed by atoms with Gasteiger partial charge in [-0.05, 0) is 67.9 Å². The number of amides is 4. The Morgan fingerprint density at radius 3 is 2.11 bits per heavy atom. The molecule has 0 aromatic heterocycles. The number of rotatable bonds is 12. The molecular weight excluding hydrogens is 464 g/mol. The number of likely N-dealkylation sites (N-methyl/N-ethyl adjacent to an activating group) is 1. The van der Waals surface area contributed by atoms with Crippen LogP contribution in [0.25, 0.3) is 0 Å². The fraction of sp³-hybridized carbons (Fsp3) is 0.385. The second kappa shape index (κ2) is 12.5. The van der Waals surface area contributed by atoms with Gasteiger partial charge >= 0.3 is 0 Å². The second-order valence-corrected chi connectivity index (χ2v) is 9.16. The molecular formula is C26H32N4O4S. The van der Waals surface area contributed by atoms with Crippen LogP contribution >= 0.6 is 11.8 Å². The van der Waals surface area contributed by atoms with Crippen LogP contribution < -0.4 is 10.6 Å². The van der Waals surface area contributed by atoms with Crippen LogP contribution in [-0.2, 0) is 4.79 Å². The van der Waals surface area contributed by atoms with Gasteiger partial charge in [0.15, 0.2) is 0 Å². The molecule has 0 saturated heterocycles. The van der Waals surface area contributed by atoms with Gasteiger partial charge in [-0.3, -0.25) is 24.1 Å². The van der Waals surface area contributed by atoms with Crippen molar-refractivity contribution in [3.05, 3.63) is 65.2 Å². The Bertz CT molecular complexity index is 1030. The van der Waals surface area contributed by atoms with E-state index in [4.69, 9.17) is 0 Å². The van der Waals surface area contributed by atoms with Crippen molar-refractivity contribution in [3.63, 3.8) is 0 Å². The summed E-state index contributed by atoms with van der Waals surface area (Å²) in [6, 6.07) is 12.2. The molecule has 8 nitrogen and oxygen atoms in total. The minimum Gasteiger partial charge on any atom is -0.351 e. The van der Waals surface area contributed by atoms with Gasteiger partial charge in [-0.2, -0.15) is 11.8 Å². The van der Waals surface area contributed by atoms with E-state index in [-0.39, 0.29) is 5.91 Å². The Hall–Kier alpha value is -3.17. The zero-order valence-corrected chi connectivity index (χ0v) is 21.2. The number of thioether (sulfide) groups is 1. The third-order valence-electron chi connectivity index (χ3n) is 6.06. The van der Waals surface area contributed by atoms with E-state index in [2.05, 4.69) is 29.4 Å². The number of nitrogens with one attached hydrogen (secondary N) is 2. The highest BCUT2D eigenvalue weighted by molar-refractivity contribution is 7.98. The van der Waals surface area contributed by atoms with Crippen LogP contribution in [0, 0.1) is 0 Å². The molecule has 0 fully saturated rings. The minimum atomic E-state index is -0.932.